The molecule has 2 aromatic rings. The van der Waals surface area contributed by atoms with E-state index in [0.717, 1.165) is 25.0 Å². The third-order valence-corrected chi connectivity index (χ3v) is 4.07. The molecule has 0 aliphatic heterocycles. The summed E-state index contributed by atoms with van der Waals surface area (Å²) in [4.78, 5) is 4.34. The van der Waals surface area contributed by atoms with Crippen LogP contribution in [-0.2, 0) is 12.1 Å². The maximum atomic E-state index is 6.16. The number of nitrogens with zero attached hydrogens (tertiary/aromatic N) is 2. The highest BCUT2D eigenvalue weighted by molar-refractivity contribution is 5.28. The van der Waals surface area contributed by atoms with Gasteiger partial charge in [0.15, 0.2) is 12.4 Å². The van der Waals surface area contributed by atoms with E-state index in [0.29, 0.717) is 17.6 Å². The molecule has 1 aromatic heterocycles. The largest absolute Gasteiger partial charge is 0.484 e. The molecule has 0 atom stereocenters. The van der Waals surface area contributed by atoms with Gasteiger partial charge in [0, 0.05) is 0 Å². The third kappa shape index (κ3) is 2.93. The van der Waals surface area contributed by atoms with E-state index in [2.05, 4.69) is 36.1 Å². The van der Waals surface area contributed by atoms with Crippen LogP contribution in [0.4, 0.5) is 0 Å². The minimum absolute atomic E-state index is 0.268. The van der Waals surface area contributed by atoms with E-state index in [-0.39, 0.29) is 12.1 Å². The first-order valence-corrected chi connectivity index (χ1v) is 7.41. The molecule has 1 aliphatic carbocycles. The second kappa shape index (κ2) is 5.48. The van der Waals surface area contributed by atoms with E-state index in [1.165, 1.54) is 5.56 Å². The summed E-state index contributed by atoms with van der Waals surface area (Å²) in [6.07, 6.45) is 2.96. The fourth-order valence-electron chi connectivity index (χ4n) is 2.39. The maximum Gasteiger partial charge on any atom is 0.264 e. The Kier molecular flexibility index (Phi) is 3.68. The van der Waals surface area contributed by atoms with Crippen LogP contribution in [0.1, 0.15) is 56.3 Å². The van der Waals surface area contributed by atoms with Crippen molar-refractivity contribution in [2.75, 3.05) is 0 Å². The van der Waals surface area contributed by atoms with Crippen LogP contribution in [0.5, 0.6) is 5.75 Å². The highest BCUT2D eigenvalue weighted by atomic mass is 16.5. The summed E-state index contributed by atoms with van der Waals surface area (Å²) in [5, 5.41) is 3.97. The van der Waals surface area contributed by atoms with Gasteiger partial charge in [-0.3, -0.25) is 0 Å². The molecule has 0 spiro atoms. The second-order valence-electron chi connectivity index (χ2n) is 6.03. The lowest BCUT2D eigenvalue weighted by atomic mass is 9.77. The van der Waals surface area contributed by atoms with Crippen molar-refractivity contribution >= 4 is 0 Å². The highest BCUT2D eigenvalue weighted by Crippen LogP contribution is 2.36. The van der Waals surface area contributed by atoms with Crippen molar-refractivity contribution in [1.82, 2.24) is 10.1 Å². The molecular formula is C16H21N3O2. The molecule has 1 fully saturated rings. The zero-order valence-electron chi connectivity index (χ0n) is 12.5. The van der Waals surface area contributed by atoms with Crippen LogP contribution in [0.15, 0.2) is 28.8 Å². The van der Waals surface area contributed by atoms with Gasteiger partial charge < -0.3 is 15.0 Å². The van der Waals surface area contributed by atoms with Crippen molar-refractivity contribution in [2.45, 2.75) is 51.2 Å². The van der Waals surface area contributed by atoms with Crippen LogP contribution in [0.2, 0.25) is 0 Å². The second-order valence-corrected chi connectivity index (χ2v) is 6.03. The average molecular weight is 287 g/mol. The van der Waals surface area contributed by atoms with Gasteiger partial charge in [-0.05, 0) is 42.9 Å². The summed E-state index contributed by atoms with van der Waals surface area (Å²) in [5.41, 5.74) is 7.06. The molecule has 21 heavy (non-hydrogen) atoms. The smallest absolute Gasteiger partial charge is 0.264 e. The van der Waals surface area contributed by atoms with Crippen LogP contribution in [-0.4, -0.2) is 10.1 Å². The Bertz CT molecular complexity index is 600. The van der Waals surface area contributed by atoms with Crippen LogP contribution in [0, 0.1) is 0 Å². The minimum Gasteiger partial charge on any atom is -0.484 e. The number of ether oxygens (including phenoxy) is 1. The van der Waals surface area contributed by atoms with Gasteiger partial charge in [0.2, 0.25) is 0 Å². The minimum atomic E-state index is -0.388. The van der Waals surface area contributed by atoms with E-state index in [9.17, 15) is 0 Å². The topological polar surface area (TPSA) is 74.2 Å². The number of hydrogen-bond acceptors (Lipinski definition) is 5. The molecule has 1 aliphatic rings. The SMILES string of the molecule is CC(C)c1ccc(OCc2nc(C3(N)CCC3)no2)cc1. The number of nitrogens with two attached hydrogens (primary N) is 1. The fourth-order valence-corrected chi connectivity index (χ4v) is 2.39. The van der Waals surface area contributed by atoms with Gasteiger partial charge in [0.05, 0.1) is 5.54 Å². The first-order valence-electron chi connectivity index (χ1n) is 7.41. The third-order valence-electron chi connectivity index (χ3n) is 4.07. The molecule has 0 bridgehead atoms. The molecule has 3 rings (SSSR count). The van der Waals surface area contributed by atoms with E-state index in [4.69, 9.17) is 15.0 Å². The lowest BCUT2D eigenvalue weighted by molar-refractivity contribution is 0.223. The first-order chi connectivity index (χ1) is 10.1. The Morgan fingerprint density at radius 3 is 2.57 bits per heavy atom. The molecule has 0 unspecified atom stereocenters. The predicted molar refractivity (Wildman–Crippen MR) is 78.9 cm³/mol. The van der Waals surface area contributed by atoms with E-state index in [1.54, 1.807) is 0 Å². The molecular weight excluding hydrogens is 266 g/mol. The molecule has 0 amide bonds. The summed E-state index contributed by atoms with van der Waals surface area (Å²) < 4.78 is 10.9. The average Bonchev–Trinajstić information content (AvgIpc) is 2.92. The number of aromatic nitrogens is 2. The van der Waals surface area contributed by atoms with Crippen molar-refractivity contribution in [2.24, 2.45) is 5.73 Å². The molecule has 5 nitrogen and oxygen atoms in total. The molecule has 2 N–H and O–H groups in total. The monoisotopic (exact) mass is 287 g/mol. The van der Waals surface area contributed by atoms with E-state index >= 15 is 0 Å². The molecule has 112 valence electrons. The summed E-state index contributed by atoms with van der Waals surface area (Å²) in [6, 6.07) is 8.07. The quantitative estimate of drug-likeness (QED) is 0.914. The van der Waals surface area contributed by atoms with E-state index in [1.807, 2.05) is 12.1 Å². The molecule has 1 aromatic carbocycles. The van der Waals surface area contributed by atoms with E-state index < -0.39 is 0 Å². The lowest BCUT2D eigenvalue weighted by Gasteiger charge is -2.34. The summed E-state index contributed by atoms with van der Waals surface area (Å²) in [5.74, 6) is 2.38. The molecule has 1 heterocycles. The van der Waals surface area contributed by atoms with Crippen molar-refractivity contribution in [3.63, 3.8) is 0 Å². The van der Waals surface area contributed by atoms with Gasteiger partial charge in [-0.15, -0.1) is 0 Å². The van der Waals surface area contributed by atoms with Crippen LogP contribution in [0.25, 0.3) is 0 Å². The molecule has 0 saturated heterocycles. The summed E-state index contributed by atoms with van der Waals surface area (Å²) in [6.45, 7) is 4.60. The van der Waals surface area contributed by atoms with Crippen molar-refractivity contribution < 1.29 is 9.26 Å². The first kappa shape index (κ1) is 14.1. The molecule has 5 heteroatoms. The van der Waals surface area contributed by atoms with Gasteiger partial charge in [0.1, 0.15) is 5.75 Å². The summed E-state index contributed by atoms with van der Waals surface area (Å²) >= 11 is 0. The lowest BCUT2D eigenvalue weighted by Crippen LogP contribution is -2.44. The van der Waals surface area contributed by atoms with Crippen LogP contribution < -0.4 is 10.5 Å². The molecule has 1 saturated carbocycles. The Hall–Kier alpha value is -1.88. The van der Waals surface area contributed by atoms with Crippen molar-refractivity contribution in [1.29, 1.82) is 0 Å². The van der Waals surface area contributed by atoms with Gasteiger partial charge in [-0.1, -0.05) is 31.1 Å². The Balaban J connectivity index is 1.60. The van der Waals surface area contributed by atoms with Gasteiger partial charge in [0.25, 0.3) is 5.89 Å². The highest BCUT2D eigenvalue weighted by Gasteiger charge is 2.38. The van der Waals surface area contributed by atoms with Gasteiger partial charge >= 0.3 is 0 Å². The number of benzene rings is 1. The zero-order valence-corrected chi connectivity index (χ0v) is 12.5. The normalized spacial score (nSPS) is 16.8. The van der Waals surface area contributed by atoms with Crippen molar-refractivity contribution in [3.05, 3.63) is 41.5 Å². The Morgan fingerprint density at radius 2 is 2.00 bits per heavy atom. The standard InChI is InChI=1S/C16H21N3O2/c1-11(2)12-4-6-13(7-5-12)20-10-14-18-15(19-21-14)16(17)8-3-9-16/h4-7,11H,3,8-10,17H2,1-2H3. The van der Waals surface area contributed by atoms with Gasteiger partial charge in [-0.2, -0.15) is 4.98 Å². The predicted octanol–water partition coefficient (Wildman–Crippen LogP) is 3.11. The maximum absolute atomic E-state index is 6.16. The number of hydrogen-bond donors (Lipinski definition) is 1. The van der Waals surface area contributed by atoms with Crippen molar-refractivity contribution in [3.8, 4) is 5.75 Å². The summed E-state index contributed by atoms with van der Waals surface area (Å²) in [7, 11) is 0. The Labute approximate surface area is 124 Å². The fraction of sp³-hybridized carbons (Fsp3) is 0.500. The zero-order chi connectivity index (χ0) is 14.9. The molecule has 0 radical (unpaired) electrons. The van der Waals surface area contributed by atoms with Crippen LogP contribution >= 0.6 is 0 Å². The van der Waals surface area contributed by atoms with Crippen LogP contribution in [0.3, 0.4) is 0 Å². The van der Waals surface area contributed by atoms with Gasteiger partial charge in [-0.25, -0.2) is 0 Å². The number of rotatable bonds is 5. The Morgan fingerprint density at radius 1 is 1.29 bits per heavy atom.